The van der Waals surface area contributed by atoms with Crippen molar-refractivity contribution in [2.75, 3.05) is 12.4 Å². The van der Waals surface area contributed by atoms with Gasteiger partial charge in [0.05, 0.1) is 7.11 Å². The van der Waals surface area contributed by atoms with Crippen LogP contribution in [0.25, 0.3) is 0 Å². The fourth-order valence-corrected chi connectivity index (χ4v) is 2.25. The molecule has 0 heterocycles. The lowest BCUT2D eigenvalue weighted by Crippen LogP contribution is -2.16. The van der Waals surface area contributed by atoms with Crippen LogP contribution in [-0.4, -0.2) is 12.4 Å². The summed E-state index contributed by atoms with van der Waals surface area (Å²) >= 11 is 3.56. The molecule has 0 N–H and O–H groups in total. The largest absolute Gasteiger partial charge is 0.497 e. The Kier molecular flexibility index (Phi) is 5.29. The summed E-state index contributed by atoms with van der Waals surface area (Å²) in [5.41, 5.74) is 1.58. The van der Waals surface area contributed by atoms with Gasteiger partial charge in [0, 0.05) is 5.33 Å². The third-order valence-electron chi connectivity index (χ3n) is 3.26. The van der Waals surface area contributed by atoms with Gasteiger partial charge in [0.2, 0.25) is 0 Å². The highest BCUT2D eigenvalue weighted by Gasteiger charge is 2.16. The van der Waals surface area contributed by atoms with Gasteiger partial charge in [-0.05, 0) is 53.8 Å². The topological polar surface area (TPSA) is 18.5 Å². The van der Waals surface area contributed by atoms with Crippen LogP contribution >= 0.6 is 15.9 Å². The van der Waals surface area contributed by atoms with E-state index in [-0.39, 0.29) is 5.41 Å². The summed E-state index contributed by atoms with van der Waals surface area (Å²) in [6.07, 6.45) is 1.04. The van der Waals surface area contributed by atoms with E-state index in [2.05, 4.69) is 41.9 Å². The fourth-order valence-electron chi connectivity index (χ4n) is 2.06. The summed E-state index contributed by atoms with van der Waals surface area (Å²) in [5.74, 6) is 2.49. The molecule has 0 amide bonds. The average molecular weight is 349 g/mol. The third kappa shape index (κ3) is 4.78. The first-order chi connectivity index (χ1) is 10.0. The molecule has 0 saturated carbocycles. The van der Waals surface area contributed by atoms with Crippen molar-refractivity contribution in [3.63, 3.8) is 0 Å². The predicted molar refractivity (Wildman–Crippen MR) is 90.8 cm³/mol. The van der Waals surface area contributed by atoms with Crippen LogP contribution in [-0.2, 0) is 6.42 Å². The van der Waals surface area contributed by atoms with E-state index in [1.807, 2.05) is 36.4 Å². The predicted octanol–water partition coefficient (Wildman–Crippen LogP) is 5.45. The standard InChI is InChI=1S/C18H21BrO2/c1-18(2,13-19)12-14-4-6-16(7-5-14)21-17-10-8-15(20-3)9-11-17/h4-11H,12-13H2,1-3H3. The average Bonchev–Trinajstić information content (AvgIpc) is 2.50. The molecule has 0 saturated heterocycles. The summed E-state index contributed by atoms with van der Waals surface area (Å²) < 4.78 is 11.0. The molecule has 0 aromatic heterocycles. The van der Waals surface area contributed by atoms with E-state index in [0.29, 0.717) is 0 Å². The van der Waals surface area contributed by atoms with Crippen molar-refractivity contribution in [2.24, 2.45) is 5.41 Å². The molecule has 0 atom stereocenters. The monoisotopic (exact) mass is 348 g/mol. The molecular weight excluding hydrogens is 328 g/mol. The highest BCUT2D eigenvalue weighted by molar-refractivity contribution is 9.09. The van der Waals surface area contributed by atoms with Crippen LogP contribution in [0.5, 0.6) is 17.2 Å². The van der Waals surface area contributed by atoms with Crippen LogP contribution < -0.4 is 9.47 Å². The van der Waals surface area contributed by atoms with E-state index in [1.54, 1.807) is 7.11 Å². The van der Waals surface area contributed by atoms with E-state index in [0.717, 1.165) is 29.0 Å². The van der Waals surface area contributed by atoms with Crippen LogP contribution in [0.2, 0.25) is 0 Å². The summed E-state index contributed by atoms with van der Waals surface area (Å²) in [4.78, 5) is 0. The van der Waals surface area contributed by atoms with E-state index in [4.69, 9.17) is 9.47 Å². The molecule has 3 heteroatoms. The Morgan fingerprint density at radius 2 is 1.33 bits per heavy atom. The zero-order chi connectivity index (χ0) is 15.3. The number of alkyl halides is 1. The smallest absolute Gasteiger partial charge is 0.127 e. The minimum atomic E-state index is 0.262. The highest BCUT2D eigenvalue weighted by atomic mass is 79.9. The maximum Gasteiger partial charge on any atom is 0.127 e. The second-order valence-corrected chi connectivity index (χ2v) is 6.46. The van der Waals surface area contributed by atoms with Gasteiger partial charge in [-0.15, -0.1) is 0 Å². The highest BCUT2D eigenvalue weighted by Crippen LogP contribution is 2.27. The number of rotatable bonds is 6. The number of hydrogen-bond acceptors (Lipinski definition) is 2. The SMILES string of the molecule is COc1ccc(Oc2ccc(CC(C)(C)CBr)cc2)cc1. The zero-order valence-corrected chi connectivity index (χ0v) is 14.3. The van der Waals surface area contributed by atoms with Gasteiger partial charge < -0.3 is 9.47 Å². The van der Waals surface area contributed by atoms with Crippen molar-refractivity contribution < 1.29 is 9.47 Å². The van der Waals surface area contributed by atoms with Crippen molar-refractivity contribution in [3.8, 4) is 17.2 Å². The summed E-state index contributed by atoms with van der Waals surface area (Å²) in [7, 11) is 1.66. The lowest BCUT2D eigenvalue weighted by Gasteiger charge is -2.21. The van der Waals surface area contributed by atoms with E-state index in [1.165, 1.54) is 5.56 Å². The van der Waals surface area contributed by atoms with Gasteiger partial charge in [0.1, 0.15) is 17.2 Å². The molecule has 21 heavy (non-hydrogen) atoms. The molecule has 2 aromatic carbocycles. The van der Waals surface area contributed by atoms with E-state index >= 15 is 0 Å². The molecule has 0 aliphatic rings. The Labute approximate surface area is 135 Å². The van der Waals surface area contributed by atoms with Crippen LogP contribution in [0.15, 0.2) is 48.5 Å². The number of ether oxygens (including phenoxy) is 2. The van der Waals surface area contributed by atoms with Gasteiger partial charge in [-0.2, -0.15) is 0 Å². The Bertz CT molecular complexity index is 559. The molecule has 112 valence electrons. The number of benzene rings is 2. The van der Waals surface area contributed by atoms with Crippen molar-refractivity contribution in [2.45, 2.75) is 20.3 Å². The van der Waals surface area contributed by atoms with Crippen LogP contribution in [0.3, 0.4) is 0 Å². The molecule has 0 fully saturated rings. The lowest BCUT2D eigenvalue weighted by molar-refractivity contribution is 0.412. The molecule has 2 nitrogen and oxygen atoms in total. The molecule has 0 spiro atoms. The third-order valence-corrected chi connectivity index (χ3v) is 4.78. The van der Waals surface area contributed by atoms with Gasteiger partial charge in [-0.25, -0.2) is 0 Å². The first-order valence-corrected chi connectivity index (χ1v) is 8.11. The van der Waals surface area contributed by atoms with Crippen LogP contribution in [0.4, 0.5) is 0 Å². The van der Waals surface area contributed by atoms with Gasteiger partial charge in [0.25, 0.3) is 0 Å². The van der Waals surface area contributed by atoms with Crippen molar-refractivity contribution in [1.29, 1.82) is 0 Å². The van der Waals surface area contributed by atoms with Gasteiger partial charge in [0.15, 0.2) is 0 Å². The first kappa shape index (κ1) is 15.9. The quantitative estimate of drug-likeness (QED) is 0.646. The van der Waals surface area contributed by atoms with Gasteiger partial charge >= 0.3 is 0 Å². The maximum atomic E-state index is 5.82. The molecule has 0 aliphatic carbocycles. The number of hydrogen-bond donors (Lipinski definition) is 0. The van der Waals surface area contributed by atoms with Crippen molar-refractivity contribution in [3.05, 3.63) is 54.1 Å². The normalized spacial score (nSPS) is 11.2. The van der Waals surface area contributed by atoms with Gasteiger partial charge in [-0.1, -0.05) is 41.9 Å². The second kappa shape index (κ2) is 6.99. The Balaban J connectivity index is 2.01. The minimum Gasteiger partial charge on any atom is -0.497 e. The molecule has 0 unspecified atom stereocenters. The Hall–Kier alpha value is -1.48. The fraction of sp³-hybridized carbons (Fsp3) is 0.333. The summed E-state index contributed by atoms with van der Waals surface area (Å²) in [5, 5.41) is 0.990. The van der Waals surface area contributed by atoms with Crippen molar-refractivity contribution in [1.82, 2.24) is 0 Å². The van der Waals surface area contributed by atoms with Crippen molar-refractivity contribution >= 4 is 15.9 Å². The van der Waals surface area contributed by atoms with Crippen LogP contribution in [0, 0.1) is 5.41 Å². The second-order valence-electron chi connectivity index (χ2n) is 5.90. The molecule has 0 bridgehead atoms. The number of halogens is 1. The van der Waals surface area contributed by atoms with Crippen LogP contribution in [0.1, 0.15) is 19.4 Å². The lowest BCUT2D eigenvalue weighted by atomic mass is 9.88. The maximum absolute atomic E-state index is 5.82. The molecule has 2 aromatic rings. The molecular formula is C18H21BrO2. The molecule has 0 radical (unpaired) electrons. The van der Waals surface area contributed by atoms with E-state index < -0.39 is 0 Å². The Morgan fingerprint density at radius 1 is 0.857 bits per heavy atom. The Morgan fingerprint density at radius 3 is 1.81 bits per heavy atom. The summed E-state index contributed by atoms with van der Waals surface area (Å²) in [6.45, 7) is 4.51. The molecule has 0 aliphatic heterocycles. The van der Waals surface area contributed by atoms with E-state index in [9.17, 15) is 0 Å². The first-order valence-electron chi connectivity index (χ1n) is 6.99. The van der Waals surface area contributed by atoms with Gasteiger partial charge in [-0.3, -0.25) is 0 Å². The minimum absolute atomic E-state index is 0.262. The summed E-state index contributed by atoms with van der Waals surface area (Å²) in [6, 6.07) is 15.9. The zero-order valence-electron chi connectivity index (χ0n) is 12.7. The molecule has 2 rings (SSSR count). The number of methoxy groups -OCH3 is 1.